The van der Waals surface area contributed by atoms with Crippen LogP contribution in [0, 0.1) is 0 Å². The predicted octanol–water partition coefficient (Wildman–Crippen LogP) is 3.55. The molecule has 0 aliphatic rings. The number of carbonyl (C=O) groups is 1. The molecule has 0 fully saturated rings. The number of halogens is 2. The third-order valence-corrected chi connectivity index (χ3v) is 4.45. The highest BCUT2D eigenvalue weighted by Gasteiger charge is 2.06. The molecule has 0 aliphatic carbocycles. The van der Waals surface area contributed by atoms with E-state index in [0.717, 1.165) is 9.50 Å². The Morgan fingerprint density at radius 1 is 1.41 bits per heavy atom. The molecule has 5 nitrogen and oxygen atoms in total. The number of rotatable bonds is 5. The Morgan fingerprint density at radius 2 is 2.23 bits per heavy atom. The van der Waals surface area contributed by atoms with Crippen LogP contribution in [0.5, 0.6) is 5.75 Å². The summed E-state index contributed by atoms with van der Waals surface area (Å²) in [7, 11) is 0. The number of phenolic OH excluding ortho intramolecular Hbond substituents is 1. The zero-order valence-corrected chi connectivity index (χ0v) is 15.2. The van der Waals surface area contributed by atoms with Crippen LogP contribution < -0.4 is 5.43 Å². The van der Waals surface area contributed by atoms with Gasteiger partial charge in [0.15, 0.2) is 0 Å². The molecular formula is C14H11Br2N3O2S. The van der Waals surface area contributed by atoms with E-state index in [1.54, 1.807) is 18.3 Å². The summed E-state index contributed by atoms with van der Waals surface area (Å²) >= 11 is 7.87. The van der Waals surface area contributed by atoms with Gasteiger partial charge in [-0.2, -0.15) is 5.10 Å². The van der Waals surface area contributed by atoms with Crippen molar-refractivity contribution >= 4 is 55.7 Å². The fourth-order valence-corrected chi connectivity index (χ4v) is 3.37. The van der Waals surface area contributed by atoms with Gasteiger partial charge in [0, 0.05) is 16.2 Å². The fourth-order valence-electron chi connectivity index (χ4n) is 1.46. The van der Waals surface area contributed by atoms with Gasteiger partial charge in [0.25, 0.3) is 0 Å². The number of hydrazone groups is 1. The van der Waals surface area contributed by atoms with Crippen molar-refractivity contribution in [2.45, 2.75) is 5.03 Å². The van der Waals surface area contributed by atoms with E-state index in [-0.39, 0.29) is 17.4 Å². The van der Waals surface area contributed by atoms with E-state index in [9.17, 15) is 9.90 Å². The molecule has 114 valence electrons. The second kappa shape index (κ2) is 8.30. The average Bonchev–Trinajstić information content (AvgIpc) is 2.51. The molecule has 0 unspecified atom stereocenters. The van der Waals surface area contributed by atoms with Crippen molar-refractivity contribution in [1.82, 2.24) is 10.4 Å². The van der Waals surface area contributed by atoms with Crippen molar-refractivity contribution in [3.8, 4) is 5.75 Å². The molecule has 0 saturated heterocycles. The zero-order valence-electron chi connectivity index (χ0n) is 11.2. The first-order valence-corrected chi connectivity index (χ1v) is 8.67. The van der Waals surface area contributed by atoms with Crippen LogP contribution in [0.4, 0.5) is 0 Å². The largest absolute Gasteiger partial charge is 0.506 e. The summed E-state index contributed by atoms with van der Waals surface area (Å²) in [6.45, 7) is 0. The number of nitrogens with zero attached hydrogens (tertiary/aromatic N) is 2. The minimum atomic E-state index is -0.250. The number of aromatic hydroxyl groups is 1. The van der Waals surface area contributed by atoms with Crippen LogP contribution in [0.1, 0.15) is 5.56 Å². The fraction of sp³-hybridized carbons (Fsp3) is 0.0714. The maximum atomic E-state index is 11.7. The molecular weight excluding hydrogens is 434 g/mol. The summed E-state index contributed by atoms with van der Waals surface area (Å²) in [6.07, 6.45) is 3.06. The minimum Gasteiger partial charge on any atom is -0.506 e. The second-order valence-corrected chi connectivity index (χ2v) is 6.84. The van der Waals surface area contributed by atoms with E-state index in [2.05, 4.69) is 47.4 Å². The van der Waals surface area contributed by atoms with Crippen LogP contribution in [-0.2, 0) is 4.79 Å². The summed E-state index contributed by atoms with van der Waals surface area (Å²) in [5.41, 5.74) is 2.89. The highest BCUT2D eigenvalue weighted by Crippen LogP contribution is 2.30. The Morgan fingerprint density at radius 3 is 2.95 bits per heavy atom. The van der Waals surface area contributed by atoms with Gasteiger partial charge in [0.05, 0.1) is 21.5 Å². The molecule has 0 radical (unpaired) electrons. The van der Waals surface area contributed by atoms with Gasteiger partial charge in [0.1, 0.15) is 5.75 Å². The van der Waals surface area contributed by atoms with Crippen LogP contribution in [0.3, 0.4) is 0 Å². The smallest absolute Gasteiger partial charge is 0.250 e. The van der Waals surface area contributed by atoms with Gasteiger partial charge in [-0.1, -0.05) is 33.8 Å². The molecule has 22 heavy (non-hydrogen) atoms. The summed E-state index contributed by atoms with van der Waals surface area (Å²) in [5, 5.41) is 14.5. The summed E-state index contributed by atoms with van der Waals surface area (Å²) in [4.78, 5) is 15.8. The van der Waals surface area contributed by atoms with Crippen LogP contribution in [0.2, 0.25) is 0 Å². The summed E-state index contributed by atoms with van der Waals surface area (Å²) in [6, 6.07) is 8.92. The third kappa shape index (κ3) is 5.11. The molecule has 1 heterocycles. The maximum absolute atomic E-state index is 11.7. The van der Waals surface area contributed by atoms with Crippen LogP contribution >= 0.6 is 43.6 Å². The molecule has 0 aliphatic heterocycles. The molecule has 0 spiro atoms. The van der Waals surface area contributed by atoms with E-state index >= 15 is 0 Å². The number of nitrogens with one attached hydrogen (secondary N) is 1. The lowest BCUT2D eigenvalue weighted by molar-refractivity contribution is -0.118. The van der Waals surface area contributed by atoms with Crippen LogP contribution in [0.15, 0.2) is 55.6 Å². The topological polar surface area (TPSA) is 74.6 Å². The van der Waals surface area contributed by atoms with E-state index in [1.165, 1.54) is 18.0 Å². The van der Waals surface area contributed by atoms with E-state index < -0.39 is 0 Å². The molecule has 2 rings (SSSR count). The molecule has 0 atom stereocenters. The van der Waals surface area contributed by atoms with Crippen molar-refractivity contribution in [2.24, 2.45) is 5.10 Å². The van der Waals surface area contributed by atoms with Gasteiger partial charge in [0.2, 0.25) is 5.91 Å². The van der Waals surface area contributed by atoms with Gasteiger partial charge in [-0.3, -0.25) is 4.79 Å². The maximum Gasteiger partial charge on any atom is 0.250 e. The molecule has 0 bridgehead atoms. The normalized spacial score (nSPS) is 10.8. The number of benzene rings is 1. The van der Waals surface area contributed by atoms with Crippen molar-refractivity contribution in [1.29, 1.82) is 0 Å². The van der Waals surface area contributed by atoms with Gasteiger partial charge in [-0.15, -0.1) is 0 Å². The number of hydrogen-bond donors (Lipinski definition) is 2. The number of carbonyl (C=O) groups excluding carboxylic acids is 1. The Labute approximate surface area is 148 Å². The van der Waals surface area contributed by atoms with Crippen molar-refractivity contribution in [2.75, 3.05) is 5.75 Å². The number of aromatic nitrogens is 1. The Kier molecular flexibility index (Phi) is 6.41. The number of amides is 1. The molecule has 0 saturated carbocycles. The predicted molar refractivity (Wildman–Crippen MR) is 94.2 cm³/mol. The first-order chi connectivity index (χ1) is 10.6. The Hall–Kier alpha value is -1.38. The second-order valence-electron chi connectivity index (χ2n) is 4.08. The molecule has 2 N–H and O–H groups in total. The van der Waals surface area contributed by atoms with Gasteiger partial charge < -0.3 is 5.11 Å². The number of phenols is 1. The number of thioether (sulfide) groups is 1. The number of hydrogen-bond acceptors (Lipinski definition) is 5. The Balaban J connectivity index is 1.88. The van der Waals surface area contributed by atoms with Crippen molar-refractivity contribution in [3.63, 3.8) is 0 Å². The lowest BCUT2D eigenvalue weighted by Crippen LogP contribution is -2.19. The van der Waals surface area contributed by atoms with Gasteiger partial charge >= 0.3 is 0 Å². The molecule has 1 aromatic heterocycles. The lowest BCUT2D eigenvalue weighted by Gasteiger charge is -2.03. The third-order valence-electron chi connectivity index (χ3n) is 2.44. The molecule has 8 heteroatoms. The standard InChI is InChI=1S/C14H11Br2N3O2S/c15-10-5-9(14(21)11(16)6-10)7-18-19-12(20)8-22-13-3-1-2-4-17-13/h1-7,21H,8H2,(H,19,20). The van der Waals surface area contributed by atoms with Gasteiger partial charge in [-0.25, -0.2) is 10.4 Å². The highest BCUT2D eigenvalue weighted by atomic mass is 79.9. The average molecular weight is 445 g/mol. The highest BCUT2D eigenvalue weighted by molar-refractivity contribution is 9.11. The van der Waals surface area contributed by atoms with Crippen molar-refractivity contribution < 1.29 is 9.90 Å². The van der Waals surface area contributed by atoms with E-state index in [0.29, 0.717) is 10.0 Å². The first-order valence-electron chi connectivity index (χ1n) is 6.10. The number of pyridine rings is 1. The monoisotopic (exact) mass is 443 g/mol. The zero-order chi connectivity index (χ0) is 15.9. The molecule has 2 aromatic rings. The quantitative estimate of drug-likeness (QED) is 0.420. The lowest BCUT2D eigenvalue weighted by atomic mass is 10.2. The van der Waals surface area contributed by atoms with E-state index in [4.69, 9.17) is 0 Å². The minimum absolute atomic E-state index is 0.0593. The Bertz CT molecular complexity index is 696. The van der Waals surface area contributed by atoms with Crippen LogP contribution in [-0.4, -0.2) is 28.0 Å². The van der Waals surface area contributed by atoms with E-state index in [1.807, 2.05) is 18.2 Å². The molecule has 1 aromatic carbocycles. The summed E-state index contributed by atoms with van der Waals surface area (Å²) < 4.78 is 1.33. The van der Waals surface area contributed by atoms with Crippen LogP contribution in [0.25, 0.3) is 0 Å². The summed E-state index contributed by atoms with van der Waals surface area (Å²) in [5.74, 6) is 0.0206. The first kappa shape index (κ1) is 17.0. The SMILES string of the molecule is O=C(CSc1ccccn1)NN=Cc1cc(Br)cc(Br)c1O. The van der Waals surface area contributed by atoms with Crippen molar-refractivity contribution in [3.05, 3.63) is 51.0 Å². The molecule has 1 amide bonds. The van der Waals surface area contributed by atoms with Gasteiger partial charge in [-0.05, 0) is 40.2 Å².